The minimum absolute atomic E-state index is 0.184. The summed E-state index contributed by atoms with van der Waals surface area (Å²) in [7, 11) is 0. The van der Waals surface area contributed by atoms with E-state index in [9.17, 15) is 14.3 Å². The van der Waals surface area contributed by atoms with E-state index in [0.29, 0.717) is 11.1 Å². The van der Waals surface area contributed by atoms with Gasteiger partial charge in [-0.25, -0.2) is 4.39 Å². The highest BCUT2D eigenvalue weighted by Crippen LogP contribution is 2.19. The smallest absolute Gasteiger partial charge is 0.251 e. The Morgan fingerprint density at radius 2 is 2.11 bits per heavy atom. The third kappa shape index (κ3) is 2.88. The van der Waals surface area contributed by atoms with Crippen molar-refractivity contribution in [3.8, 4) is 0 Å². The fourth-order valence-corrected chi connectivity index (χ4v) is 2.32. The summed E-state index contributed by atoms with van der Waals surface area (Å²) in [6.45, 7) is 1.63. The molecule has 3 nitrogen and oxygen atoms in total. The first-order chi connectivity index (χ1) is 8.58. The summed E-state index contributed by atoms with van der Waals surface area (Å²) in [5.41, 5.74) is 0.888. The van der Waals surface area contributed by atoms with Crippen molar-refractivity contribution in [1.29, 1.82) is 0 Å². The Balaban J connectivity index is 2.04. The average molecular weight is 251 g/mol. The van der Waals surface area contributed by atoms with Gasteiger partial charge in [0.25, 0.3) is 5.91 Å². The number of halogens is 1. The SMILES string of the molecule is Cc1cc(C(=O)NC2CCCCC2O)ccc1F. The number of hydrogen-bond acceptors (Lipinski definition) is 2. The Kier molecular flexibility index (Phi) is 3.97. The Labute approximate surface area is 106 Å². The Bertz CT molecular complexity index is 447. The van der Waals surface area contributed by atoms with Crippen molar-refractivity contribution in [3.05, 3.63) is 35.1 Å². The highest BCUT2D eigenvalue weighted by Gasteiger charge is 2.24. The summed E-state index contributed by atoms with van der Waals surface area (Å²) in [6.07, 6.45) is 3.08. The molecule has 0 saturated heterocycles. The molecule has 18 heavy (non-hydrogen) atoms. The van der Waals surface area contributed by atoms with Gasteiger partial charge >= 0.3 is 0 Å². The fraction of sp³-hybridized carbons (Fsp3) is 0.500. The van der Waals surface area contributed by atoms with E-state index in [4.69, 9.17) is 0 Å². The molecule has 1 aliphatic carbocycles. The summed E-state index contributed by atoms with van der Waals surface area (Å²) in [4.78, 5) is 12.0. The van der Waals surface area contributed by atoms with Crippen LogP contribution >= 0.6 is 0 Å². The largest absolute Gasteiger partial charge is 0.391 e. The van der Waals surface area contributed by atoms with Gasteiger partial charge in [0.1, 0.15) is 5.82 Å². The van der Waals surface area contributed by atoms with Crippen LogP contribution in [0.4, 0.5) is 4.39 Å². The van der Waals surface area contributed by atoms with E-state index in [-0.39, 0.29) is 17.8 Å². The lowest BCUT2D eigenvalue weighted by Gasteiger charge is -2.28. The van der Waals surface area contributed by atoms with Gasteiger partial charge in [0, 0.05) is 5.56 Å². The molecule has 0 radical (unpaired) electrons. The summed E-state index contributed by atoms with van der Waals surface area (Å²) in [5.74, 6) is -0.562. The zero-order valence-electron chi connectivity index (χ0n) is 10.4. The molecule has 1 aromatic rings. The van der Waals surface area contributed by atoms with Crippen LogP contribution < -0.4 is 5.32 Å². The molecule has 2 rings (SSSR count). The van der Waals surface area contributed by atoms with Crippen molar-refractivity contribution < 1.29 is 14.3 Å². The third-order valence-corrected chi connectivity index (χ3v) is 3.47. The Morgan fingerprint density at radius 1 is 1.39 bits per heavy atom. The first kappa shape index (κ1) is 13.0. The van der Waals surface area contributed by atoms with Gasteiger partial charge in [-0.3, -0.25) is 4.79 Å². The Hall–Kier alpha value is -1.42. The van der Waals surface area contributed by atoms with Gasteiger partial charge in [0.15, 0.2) is 0 Å². The van der Waals surface area contributed by atoms with Gasteiger partial charge in [0.05, 0.1) is 12.1 Å². The number of hydrogen-bond donors (Lipinski definition) is 2. The van der Waals surface area contributed by atoms with Gasteiger partial charge in [0.2, 0.25) is 0 Å². The number of aryl methyl sites for hydroxylation is 1. The van der Waals surface area contributed by atoms with Gasteiger partial charge in [-0.15, -0.1) is 0 Å². The van der Waals surface area contributed by atoms with Crippen molar-refractivity contribution in [1.82, 2.24) is 5.32 Å². The number of aliphatic hydroxyl groups excluding tert-OH is 1. The van der Waals surface area contributed by atoms with E-state index in [0.717, 1.165) is 25.7 Å². The number of rotatable bonds is 2. The summed E-state index contributed by atoms with van der Waals surface area (Å²) in [6, 6.07) is 4.10. The molecule has 2 N–H and O–H groups in total. The molecule has 4 heteroatoms. The van der Waals surface area contributed by atoms with E-state index < -0.39 is 6.10 Å². The topological polar surface area (TPSA) is 49.3 Å². The second kappa shape index (κ2) is 5.48. The zero-order chi connectivity index (χ0) is 13.1. The lowest BCUT2D eigenvalue weighted by atomic mass is 9.92. The van der Waals surface area contributed by atoms with E-state index >= 15 is 0 Å². The van der Waals surface area contributed by atoms with Crippen LogP contribution in [-0.4, -0.2) is 23.2 Å². The van der Waals surface area contributed by atoms with E-state index in [1.807, 2.05) is 0 Å². The molecule has 0 aliphatic heterocycles. The zero-order valence-corrected chi connectivity index (χ0v) is 10.4. The maximum Gasteiger partial charge on any atom is 0.251 e. The molecule has 0 heterocycles. The summed E-state index contributed by atoms with van der Waals surface area (Å²) < 4.78 is 13.1. The highest BCUT2D eigenvalue weighted by atomic mass is 19.1. The molecule has 0 bridgehead atoms. The standard InChI is InChI=1S/C14H18FNO2/c1-9-8-10(6-7-11(9)15)14(18)16-12-4-2-3-5-13(12)17/h6-8,12-13,17H,2-5H2,1H3,(H,16,18). The number of amides is 1. The molecule has 1 aliphatic rings. The molecule has 1 saturated carbocycles. The molecule has 98 valence electrons. The van der Waals surface area contributed by atoms with E-state index in [1.165, 1.54) is 18.2 Å². The third-order valence-electron chi connectivity index (χ3n) is 3.47. The van der Waals surface area contributed by atoms with Gasteiger partial charge in [-0.2, -0.15) is 0 Å². The number of aliphatic hydroxyl groups is 1. The van der Waals surface area contributed by atoms with E-state index in [2.05, 4.69) is 5.32 Å². The van der Waals surface area contributed by atoms with Crippen molar-refractivity contribution in [2.75, 3.05) is 0 Å². The molecular weight excluding hydrogens is 233 g/mol. The second-order valence-electron chi connectivity index (χ2n) is 4.90. The number of nitrogens with one attached hydrogen (secondary N) is 1. The minimum Gasteiger partial charge on any atom is -0.391 e. The first-order valence-electron chi connectivity index (χ1n) is 6.33. The second-order valence-corrected chi connectivity index (χ2v) is 4.90. The van der Waals surface area contributed by atoms with Crippen LogP contribution in [0.1, 0.15) is 41.6 Å². The van der Waals surface area contributed by atoms with Crippen molar-refractivity contribution in [2.24, 2.45) is 0 Å². The normalized spacial score (nSPS) is 23.7. The summed E-state index contributed by atoms with van der Waals surface area (Å²) in [5, 5.41) is 12.6. The molecule has 1 aromatic carbocycles. The molecule has 1 fully saturated rings. The Morgan fingerprint density at radius 3 is 2.78 bits per heavy atom. The molecule has 2 unspecified atom stereocenters. The van der Waals surface area contributed by atoms with Gasteiger partial charge in [-0.05, 0) is 43.5 Å². The molecular formula is C14H18FNO2. The average Bonchev–Trinajstić information content (AvgIpc) is 2.35. The van der Waals surface area contributed by atoms with Crippen molar-refractivity contribution in [3.63, 3.8) is 0 Å². The maximum absolute atomic E-state index is 13.1. The number of carbonyl (C=O) groups excluding carboxylic acids is 1. The fourth-order valence-electron chi connectivity index (χ4n) is 2.32. The molecule has 0 spiro atoms. The molecule has 2 atom stereocenters. The quantitative estimate of drug-likeness (QED) is 0.846. The van der Waals surface area contributed by atoms with Gasteiger partial charge < -0.3 is 10.4 Å². The van der Waals surface area contributed by atoms with Crippen LogP contribution in [0.25, 0.3) is 0 Å². The van der Waals surface area contributed by atoms with Crippen LogP contribution in [0.5, 0.6) is 0 Å². The van der Waals surface area contributed by atoms with Crippen LogP contribution in [0.2, 0.25) is 0 Å². The molecule has 1 amide bonds. The highest BCUT2D eigenvalue weighted by molar-refractivity contribution is 5.94. The lowest BCUT2D eigenvalue weighted by molar-refractivity contribution is 0.0717. The molecule has 0 aromatic heterocycles. The first-order valence-corrected chi connectivity index (χ1v) is 6.33. The van der Waals surface area contributed by atoms with Crippen LogP contribution in [0.15, 0.2) is 18.2 Å². The van der Waals surface area contributed by atoms with Crippen molar-refractivity contribution in [2.45, 2.75) is 44.8 Å². The van der Waals surface area contributed by atoms with Gasteiger partial charge in [-0.1, -0.05) is 12.8 Å². The van der Waals surface area contributed by atoms with Crippen LogP contribution in [0.3, 0.4) is 0 Å². The maximum atomic E-state index is 13.1. The lowest BCUT2D eigenvalue weighted by Crippen LogP contribution is -2.45. The summed E-state index contributed by atoms with van der Waals surface area (Å²) >= 11 is 0. The minimum atomic E-state index is -0.468. The number of benzene rings is 1. The van der Waals surface area contributed by atoms with Crippen LogP contribution in [0, 0.1) is 12.7 Å². The van der Waals surface area contributed by atoms with Crippen LogP contribution in [-0.2, 0) is 0 Å². The predicted molar refractivity (Wildman–Crippen MR) is 66.9 cm³/mol. The number of carbonyl (C=O) groups is 1. The van der Waals surface area contributed by atoms with Crippen molar-refractivity contribution >= 4 is 5.91 Å². The monoisotopic (exact) mass is 251 g/mol. The van der Waals surface area contributed by atoms with E-state index in [1.54, 1.807) is 6.92 Å². The predicted octanol–water partition coefficient (Wildman–Crippen LogP) is 2.17.